The highest BCUT2D eigenvalue weighted by Gasteiger charge is 2.44. The summed E-state index contributed by atoms with van der Waals surface area (Å²) in [6, 6.07) is 6.12. The summed E-state index contributed by atoms with van der Waals surface area (Å²) in [7, 11) is 3.36. The van der Waals surface area contributed by atoms with Gasteiger partial charge in [-0.15, -0.1) is 0 Å². The number of methoxy groups -OCH3 is 2. The average molecular weight is 519 g/mol. The van der Waals surface area contributed by atoms with E-state index in [1.165, 1.54) is 5.56 Å². The van der Waals surface area contributed by atoms with Crippen molar-refractivity contribution in [3.05, 3.63) is 23.8 Å². The fraction of sp³-hybridized carbons (Fsp3) is 0.733. The lowest BCUT2D eigenvalue weighted by Crippen LogP contribution is -2.53. The molecule has 7 heteroatoms. The number of nitrogens with one attached hydrogen (secondary N) is 2. The molecule has 0 radical (unpaired) electrons. The molecular weight excluding hydrogens is 468 g/mol. The zero-order valence-electron chi connectivity index (χ0n) is 24.0. The molecule has 1 atom stereocenters. The smallest absolute Gasteiger partial charge is 0.226 e. The normalized spacial score (nSPS) is 16.1. The van der Waals surface area contributed by atoms with E-state index in [2.05, 4.69) is 50.5 Å². The Hall–Kier alpha value is -2.28. The number of amides is 2. The minimum Gasteiger partial charge on any atom is -0.493 e. The van der Waals surface area contributed by atoms with Gasteiger partial charge in [-0.2, -0.15) is 0 Å². The van der Waals surface area contributed by atoms with E-state index in [0.29, 0.717) is 26.2 Å². The molecule has 1 heterocycles. The highest BCUT2D eigenvalue weighted by Crippen LogP contribution is 2.41. The minimum atomic E-state index is -0.418. The first-order valence-electron chi connectivity index (χ1n) is 14.1. The third-order valence-electron chi connectivity index (χ3n) is 7.85. The van der Waals surface area contributed by atoms with Gasteiger partial charge in [-0.25, -0.2) is 0 Å². The summed E-state index contributed by atoms with van der Waals surface area (Å²) in [5.41, 5.74) is 0.830. The second-order valence-electron chi connectivity index (χ2n) is 11.0. The molecule has 37 heavy (non-hydrogen) atoms. The van der Waals surface area contributed by atoms with Crippen LogP contribution in [-0.2, 0) is 20.7 Å². The average Bonchev–Trinajstić information content (AvgIpc) is 2.86. The summed E-state index contributed by atoms with van der Waals surface area (Å²) < 4.78 is 16.5. The molecule has 1 fully saturated rings. The highest BCUT2D eigenvalue weighted by atomic mass is 16.5. The molecule has 7 nitrogen and oxygen atoms in total. The van der Waals surface area contributed by atoms with Gasteiger partial charge in [0.25, 0.3) is 0 Å². The van der Waals surface area contributed by atoms with E-state index >= 15 is 0 Å². The van der Waals surface area contributed by atoms with Crippen LogP contribution in [0.25, 0.3) is 0 Å². The van der Waals surface area contributed by atoms with Crippen molar-refractivity contribution in [2.45, 2.75) is 91.5 Å². The van der Waals surface area contributed by atoms with Crippen molar-refractivity contribution >= 4 is 11.8 Å². The molecule has 1 aliphatic heterocycles. The molecule has 0 bridgehead atoms. The maximum Gasteiger partial charge on any atom is 0.226 e. The van der Waals surface area contributed by atoms with Crippen LogP contribution in [0.15, 0.2) is 18.2 Å². The van der Waals surface area contributed by atoms with Gasteiger partial charge < -0.3 is 24.8 Å². The molecular formula is C30H50N2O5. The number of hydrogen-bond acceptors (Lipinski definition) is 5. The van der Waals surface area contributed by atoms with Crippen molar-refractivity contribution < 1.29 is 23.8 Å². The number of ether oxygens (including phenoxy) is 3. The predicted octanol–water partition coefficient (Wildman–Crippen LogP) is 5.30. The van der Waals surface area contributed by atoms with Crippen molar-refractivity contribution in [2.24, 2.45) is 17.3 Å². The lowest BCUT2D eigenvalue weighted by molar-refractivity contribution is -0.139. The fourth-order valence-electron chi connectivity index (χ4n) is 5.58. The third-order valence-corrected chi connectivity index (χ3v) is 7.85. The zero-order chi connectivity index (χ0) is 27.3. The van der Waals surface area contributed by atoms with Gasteiger partial charge in [-0.1, -0.05) is 53.0 Å². The summed E-state index contributed by atoms with van der Waals surface area (Å²) in [6.07, 6.45) is 8.20. The van der Waals surface area contributed by atoms with Gasteiger partial charge in [0, 0.05) is 39.1 Å². The molecule has 2 N–H and O–H groups in total. The van der Waals surface area contributed by atoms with E-state index < -0.39 is 5.41 Å². The van der Waals surface area contributed by atoms with Crippen molar-refractivity contribution in [1.29, 1.82) is 0 Å². The van der Waals surface area contributed by atoms with Crippen LogP contribution in [0.3, 0.4) is 0 Å². The van der Waals surface area contributed by atoms with Gasteiger partial charge in [-0.05, 0) is 55.2 Å². The van der Waals surface area contributed by atoms with Crippen LogP contribution in [0.1, 0.15) is 84.6 Å². The van der Waals surface area contributed by atoms with Crippen molar-refractivity contribution in [3.8, 4) is 11.5 Å². The van der Waals surface area contributed by atoms with Crippen LogP contribution < -0.4 is 20.1 Å². The lowest BCUT2D eigenvalue weighted by Gasteiger charge is -2.41. The molecule has 0 aromatic heterocycles. The Bertz CT molecular complexity index is 831. The van der Waals surface area contributed by atoms with Crippen LogP contribution in [0.4, 0.5) is 0 Å². The Labute approximate surface area is 224 Å². The number of hydrogen-bond donors (Lipinski definition) is 2. The molecule has 1 aromatic carbocycles. The Balaban J connectivity index is 1.86. The van der Waals surface area contributed by atoms with E-state index in [1.807, 2.05) is 6.07 Å². The Kier molecular flexibility index (Phi) is 13.3. The Morgan fingerprint density at radius 1 is 1.03 bits per heavy atom. The largest absolute Gasteiger partial charge is 0.493 e. The summed E-state index contributed by atoms with van der Waals surface area (Å²) in [6.45, 7) is 10.5. The summed E-state index contributed by atoms with van der Waals surface area (Å²) in [5.74, 6) is 2.15. The first-order valence-corrected chi connectivity index (χ1v) is 14.1. The number of benzene rings is 1. The van der Waals surface area contributed by atoms with Crippen LogP contribution in [0, 0.1) is 17.3 Å². The minimum absolute atomic E-state index is 0.0258. The molecule has 2 rings (SSSR count). The van der Waals surface area contributed by atoms with Gasteiger partial charge in [-0.3, -0.25) is 9.59 Å². The molecule has 210 valence electrons. The number of rotatable bonds is 17. The highest BCUT2D eigenvalue weighted by molar-refractivity contribution is 5.85. The molecule has 0 spiro atoms. The van der Waals surface area contributed by atoms with Gasteiger partial charge >= 0.3 is 0 Å². The summed E-state index contributed by atoms with van der Waals surface area (Å²) in [4.78, 5) is 25.3. The van der Waals surface area contributed by atoms with Gasteiger partial charge in [0.2, 0.25) is 11.8 Å². The molecule has 0 aliphatic carbocycles. The zero-order valence-corrected chi connectivity index (χ0v) is 24.0. The maximum absolute atomic E-state index is 13.6. The van der Waals surface area contributed by atoms with Crippen LogP contribution >= 0.6 is 0 Å². The number of piperidine rings is 1. The van der Waals surface area contributed by atoms with E-state index in [4.69, 9.17) is 14.2 Å². The Morgan fingerprint density at radius 2 is 1.76 bits per heavy atom. The van der Waals surface area contributed by atoms with Crippen molar-refractivity contribution in [2.75, 3.05) is 34.0 Å². The SMILES string of the molecule is COCCCOc1cc(CCCCCCC(C(=O)N[C@H]2CCNC(=O)C2)(C(C)C)C(C)C)ccc1OC. The van der Waals surface area contributed by atoms with Gasteiger partial charge in [0.1, 0.15) is 0 Å². The monoisotopic (exact) mass is 518 g/mol. The standard InChI is InChI=1S/C30H50N2O5/c1-22(2)30(23(3)4,29(34)32-25-15-17-31-28(33)21-25)16-10-8-7-9-12-24-13-14-26(36-6)27(20-24)37-19-11-18-35-5/h13-14,20,22-23,25H,7-12,15-19,21H2,1-6H3,(H,31,33)(H,32,34)/t25-/m0/s1. The topological polar surface area (TPSA) is 85.9 Å². The van der Waals surface area contributed by atoms with Crippen LogP contribution in [0.5, 0.6) is 11.5 Å². The molecule has 1 saturated heterocycles. The number of carbonyl (C=O) groups is 2. The van der Waals surface area contributed by atoms with Gasteiger partial charge in [0.15, 0.2) is 11.5 Å². The molecule has 1 aliphatic rings. The molecule has 1 aromatic rings. The number of unbranched alkanes of at least 4 members (excludes halogenated alkanes) is 3. The molecule has 0 unspecified atom stereocenters. The van der Waals surface area contributed by atoms with E-state index in [1.54, 1.807) is 14.2 Å². The number of aryl methyl sites for hydroxylation is 1. The van der Waals surface area contributed by atoms with E-state index in [-0.39, 0.29) is 29.7 Å². The van der Waals surface area contributed by atoms with Crippen molar-refractivity contribution in [1.82, 2.24) is 10.6 Å². The molecule has 0 saturated carbocycles. The summed E-state index contributed by atoms with van der Waals surface area (Å²) in [5, 5.41) is 6.08. The second-order valence-corrected chi connectivity index (χ2v) is 11.0. The van der Waals surface area contributed by atoms with Gasteiger partial charge in [0.05, 0.1) is 19.1 Å². The van der Waals surface area contributed by atoms with Crippen molar-refractivity contribution in [3.63, 3.8) is 0 Å². The fourth-order valence-corrected chi connectivity index (χ4v) is 5.58. The molecule has 2 amide bonds. The third kappa shape index (κ3) is 9.20. The van der Waals surface area contributed by atoms with Crippen LogP contribution in [-0.4, -0.2) is 51.8 Å². The first-order chi connectivity index (χ1) is 17.7. The number of carbonyl (C=O) groups excluding carboxylic acids is 2. The van der Waals surface area contributed by atoms with Crippen LogP contribution in [0.2, 0.25) is 0 Å². The maximum atomic E-state index is 13.6. The first kappa shape index (κ1) is 30.9. The quantitative estimate of drug-likeness (QED) is 0.274. The second kappa shape index (κ2) is 15.9. The summed E-state index contributed by atoms with van der Waals surface area (Å²) >= 11 is 0. The Morgan fingerprint density at radius 3 is 2.41 bits per heavy atom. The van der Waals surface area contributed by atoms with E-state index in [9.17, 15) is 9.59 Å². The van der Waals surface area contributed by atoms with E-state index in [0.717, 1.165) is 62.9 Å². The lowest BCUT2D eigenvalue weighted by atomic mass is 9.65. The predicted molar refractivity (Wildman–Crippen MR) is 148 cm³/mol.